The van der Waals surface area contributed by atoms with Gasteiger partial charge in [-0.3, -0.25) is 9.80 Å². The number of benzene rings is 1. The summed E-state index contributed by atoms with van der Waals surface area (Å²) in [6.07, 6.45) is 1.10. The van der Waals surface area contributed by atoms with Crippen molar-refractivity contribution in [3.05, 3.63) is 36.0 Å². The van der Waals surface area contributed by atoms with Crippen molar-refractivity contribution in [2.24, 2.45) is 0 Å². The van der Waals surface area contributed by atoms with Gasteiger partial charge in [0.1, 0.15) is 17.1 Å². The second-order valence-electron chi connectivity index (χ2n) is 6.67. The van der Waals surface area contributed by atoms with Gasteiger partial charge in [-0.05, 0) is 0 Å². The van der Waals surface area contributed by atoms with Crippen LogP contribution in [0.25, 0.3) is 11.0 Å². The van der Waals surface area contributed by atoms with E-state index in [-0.39, 0.29) is 11.9 Å². The minimum Gasteiger partial charge on any atom is -0.497 e. The molecule has 0 saturated heterocycles. The minimum absolute atomic E-state index is 0.222. The Hall–Kier alpha value is -3.95. The predicted molar refractivity (Wildman–Crippen MR) is 111 cm³/mol. The highest BCUT2D eigenvalue weighted by Crippen LogP contribution is 2.38. The number of nitrogens with one attached hydrogen (secondary N) is 2. The first-order valence-electron chi connectivity index (χ1n) is 9.13. The highest BCUT2D eigenvalue weighted by atomic mass is 16.6. The zero-order chi connectivity index (χ0) is 21.4. The van der Waals surface area contributed by atoms with Crippen LogP contribution in [-0.4, -0.2) is 50.4 Å². The van der Waals surface area contributed by atoms with E-state index in [1.54, 1.807) is 61.5 Å². The monoisotopic (exact) mass is 411 g/mol. The van der Waals surface area contributed by atoms with Crippen LogP contribution in [0.4, 0.5) is 21.0 Å². The van der Waals surface area contributed by atoms with Crippen LogP contribution in [0.2, 0.25) is 0 Å². The minimum atomic E-state index is -0.599. The molecular weight excluding hydrogens is 390 g/mol. The molecule has 30 heavy (non-hydrogen) atoms. The lowest BCUT2D eigenvalue weighted by atomic mass is 10.1. The summed E-state index contributed by atoms with van der Waals surface area (Å²) in [5, 5.41) is 3.07. The molecule has 0 bridgehead atoms. The molecule has 1 aliphatic heterocycles. The fraction of sp³-hybridized carbons (Fsp3) is 0.250. The average molecular weight is 411 g/mol. The van der Waals surface area contributed by atoms with Crippen molar-refractivity contribution in [1.29, 1.82) is 0 Å². The van der Waals surface area contributed by atoms with E-state index in [4.69, 9.17) is 14.2 Å². The van der Waals surface area contributed by atoms with Gasteiger partial charge in [0.25, 0.3) is 0 Å². The lowest BCUT2D eigenvalue weighted by molar-refractivity contribution is 0.201. The molecule has 3 heterocycles. The fourth-order valence-electron chi connectivity index (χ4n) is 3.46. The summed E-state index contributed by atoms with van der Waals surface area (Å²) in [5.74, 6) is 1.41. The molecule has 0 fully saturated rings. The number of H-pyrrole nitrogens is 1. The topological polar surface area (TPSA) is 109 Å². The van der Waals surface area contributed by atoms with E-state index in [0.717, 1.165) is 5.56 Å². The van der Waals surface area contributed by atoms with Gasteiger partial charge in [-0.25, -0.2) is 14.6 Å². The van der Waals surface area contributed by atoms with Gasteiger partial charge in [-0.1, -0.05) is 0 Å². The van der Waals surface area contributed by atoms with Crippen LogP contribution in [0, 0.1) is 0 Å². The molecule has 10 heteroatoms. The summed E-state index contributed by atoms with van der Waals surface area (Å²) in [5.41, 5.74) is 2.71. The molecule has 4 rings (SSSR count). The van der Waals surface area contributed by atoms with Gasteiger partial charge in [-0.2, -0.15) is 0 Å². The van der Waals surface area contributed by atoms with Crippen LogP contribution in [0.5, 0.6) is 17.4 Å². The summed E-state index contributed by atoms with van der Waals surface area (Å²) in [6.45, 7) is 0.314. The molecule has 0 atom stereocenters. The van der Waals surface area contributed by atoms with Crippen molar-refractivity contribution < 1.29 is 23.8 Å². The fourth-order valence-corrected chi connectivity index (χ4v) is 3.46. The van der Waals surface area contributed by atoms with E-state index >= 15 is 0 Å². The smallest absolute Gasteiger partial charge is 0.413 e. The lowest BCUT2D eigenvalue weighted by Gasteiger charge is -2.35. The van der Waals surface area contributed by atoms with E-state index in [1.807, 2.05) is 0 Å². The Labute approximate surface area is 172 Å². The first kappa shape index (κ1) is 19.4. The SMILES string of the molecule is CNC(=O)Oc1cc2c3c(cnc2[nH]1)CN(c1cc(OC)cc(OC)c1)C(=O)N3C. The van der Waals surface area contributed by atoms with Gasteiger partial charge in [0.2, 0.25) is 5.88 Å². The molecule has 1 aliphatic rings. The maximum Gasteiger partial charge on any atom is 0.413 e. The maximum atomic E-state index is 13.2. The molecule has 2 N–H and O–H groups in total. The number of fused-ring (bicyclic) bond motifs is 3. The van der Waals surface area contributed by atoms with Crippen LogP contribution in [0.15, 0.2) is 30.5 Å². The van der Waals surface area contributed by atoms with Crippen molar-refractivity contribution >= 4 is 34.5 Å². The number of anilines is 2. The van der Waals surface area contributed by atoms with Crippen molar-refractivity contribution in [3.63, 3.8) is 0 Å². The molecule has 0 unspecified atom stereocenters. The van der Waals surface area contributed by atoms with Crippen LogP contribution in [0.1, 0.15) is 5.56 Å². The molecule has 0 radical (unpaired) electrons. The highest BCUT2D eigenvalue weighted by Gasteiger charge is 2.32. The second-order valence-corrected chi connectivity index (χ2v) is 6.67. The average Bonchev–Trinajstić information content (AvgIpc) is 3.17. The van der Waals surface area contributed by atoms with Crippen LogP contribution >= 0.6 is 0 Å². The number of carbonyl (C=O) groups is 2. The first-order valence-corrected chi connectivity index (χ1v) is 9.13. The predicted octanol–water partition coefficient (Wildman–Crippen LogP) is 2.87. The number of nitrogens with zero attached hydrogens (tertiary/aromatic N) is 3. The summed E-state index contributed by atoms with van der Waals surface area (Å²) < 4.78 is 15.8. The van der Waals surface area contributed by atoms with E-state index in [0.29, 0.717) is 40.5 Å². The Bertz CT molecular complexity index is 1120. The van der Waals surface area contributed by atoms with Crippen LogP contribution in [0.3, 0.4) is 0 Å². The third-order valence-electron chi connectivity index (χ3n) is 4.92. The number of carbonyl (C=O) groups excluding carboxylic acids is 2. The number of amides is 3. The number of pyridine rings is 1. The Morgan fingerprint density at radius 3 is 2.50 bits per heavy atom. The second kappa shape index (κ2) is 7.47. The van der Waals surface area contributed by atoms with E-state index in [1.165, 1.54) is 7.05 Å². The van der Waals surface area contributed by atoms with Gasteiger partial charge < -0.3 is 24.5 Å². The molecule has 2 aromatic heterocycles. The molecule has 3 aromatic rings. The standard InChI is InChI=1S/C20H21N5O5/c1-21-19(26)30-16-8-15-17-11(9-22-18(15)23-16)10-25(20(27)24(17)2)12-5-13(28-3)7-14(6-12)29-4/h5-9H,10H2,1-4H3,(H,21,26)(H,22,23). The Balaban J connectivity index is 1.76. The number of methoxy groups -OCH3 is 2. The molecular formula is C20H21N5O5. The number of ether oxygens (including phenoxy) is 3. The number of aromatic amines is 1. The molecule has 156 valence electrons. The van der Waals surface area contributed by atoms with Crippen molar-refractivity contribution in [2.75, 3.05) is 38.1 Å². The molecule has 0 saturated carbocycles. The summed E-state index contributed by atoms with van der Waals surface area (Å²) in [6, 6.07) is 6.73. The first-order chi connectivity index (χ1) is 14.4. The summed E-state index contributed by atoms with van der Waals surface area (Å²) in [4.78, 5) is 35.2. The highest BCUT2D eigenvalue weighted by molar-refractivity contribution is 6.11. The normalized spacial score (nSPS) is 13.3. The number of aromatic nitrogens is 2. The number of hydrogen-bond acceptors (Lipinski definition) is 6. The number of urea groups is 1. The van der Waals surface area contributed by atoms with E-state index in [2.05, 4.69) is 15.3 Å². The Morgan fingerprint density at radius 1 is 1.17 bits per heavy atom. The zero-order valence-corrected chi connectivity index (χ0v) is 17.0. The molecule has 0 aliphatic carbocycles. The van der Waals surface area contributed by atoms with Crippen molar-refractivity contribution in [3.8, 4) is 17.4 Å². The molecule has 10 nitrogen and oxygen atoms in total. The quantitative estimate of drug-likeness (QED) is 0.683. The molecule has 1 aromatic carbocycles. The van der Waals surface area contributed by atoms with Gasteiger partial charge in [-0.15, -0.1) is 0 Å². The van der Waals surface area contributed by atoms with Gasteiger partial charge in [0.05, 0.1) is 32.1 Å². The van der Waals surface area contributed by atoms with Crippen molar-refractivity contribution in [2.45, 2.75) is 6.54 Å². The van der Waals surface area contributed by atoms with E-state index in [9.17, 15) is 9.59 Å². The molecule has 0 spiro atoms. The lowest BCUT2D eigenvalue weighted by Crippen LogP contribution is -2.45. The third-order valence-corrected chi connectivity index (χ3v) is 4.92. The number of hydrogen-bond donors (Lipinski definition) is 2. The van der Waals surface area contributed by atoms with Gasteiger partial charge in [0, 0.05) is 55.5 Å². The Kier molecular flexibility index (Phi) is 4.82. The van der Waals surface area contributed by atoms with Crippen LogP contribution < -0.4 is 29.3 Å². The summed E-state index contributed by atoms with van der Waals surface area (Å²) >= 11 is 0. The zero-order valence-electron chi connectivity index (χ0n) is 17.0. The maximum absolute atomic E-state index is 13.2. The largest absolute Gasteiger partial charge is 0.497 e. The van der Waals surface area contributed by atoms with Crippen molar-refractivity contribution in [1.82, 2.24) is 15.3 Å². The van der Waals surface area contributed by atoms with Gasteiger partial charge >= 0.3 is 12.1 Å². The molecule has 3 amide bonds. The van der Waals surface area contributed by atoms with Gasteiger partial charge in [0.15, 0.2) is 0 Å². The van der Waals surface area contributed by atoms with Crippen LogP contribution in [-0.2, 0) is 6.54 Å². The van der Waals surface area contributed by atoms with E-state index < -0.39 is 6.09 Å². The third kappa shape index (κ3) is 3.21. The number of rotatable bonds is 4. The summed E-state index contributed by atoms with van der Waals surface area (Å²) in [7, 11) is 6.28. The Morgan fingerprint density at radius 2 is 1.87 bits per heavy atom.